The maximum atomic E-state index is 5.85. The van der Waals surface area contributed by atoms with E-state index < -0.39 is 12.6 Å². The molecule has 0 unspecified atom stereocenters. The average Bonchev–Trinajstić information content (AvgIpc) is 2.53. The Kier molecular flexibility index (Phi) is 8.92. The highest BCUT2D eigenvalue weighted by molar-refractivity contribution is 5.37. The number of hydrogen-bond acceptors (Lipinski definition) is 4. The van der Waals surface area contributed by atoms with E-state index in [9.17, 15) is 0 Å². The van der Waals surface area contributed by atoms with Crippen molar-refractivity contribution in [2.24, 2.45) is 0 Å². The van der Waals surface area contributed by atoms with Gasteiger partial charge in [-0.1, -0.05) is 32.9 Å². The van der Waals surface area contributed by atoms with Crippen molar-refractivity contribution in [3.05, 3.63) is 34.9 Å². The van der Waals surface area contributed by atoms with E-state index in [1.807, 2.05) is 27.7 Å². The van der Waals surface area contributed by atoms with Gasteiger partial charge in [0.05, 0.1) is 0 Å². The average molecular weight is 338 g/mol. The number of hydrogen-bond donors (Lipinski definition) is 0. The maximum absolute atomic E-state index is 5.85. The summed E-state index contributed by atoms with van der Waals surface area (Å²) in [5, 5.41) is 0. The molecule has 0 saturated carbocycles. The highest BCUT2D eigenvalue weighted by atomic mass is 16.7. The van der Waals surface area contributed by atoms with Crippen LogP contribution in [0.1, 0.15) is 77.7 Å². The van der Waals surface area contributed by atoms with Crippen LogP contribution in [0, 0.1) is 0 Å². The van der Waals surface area contributed by atoms with Gasteiger partial charge in [-0.25, -0.2) is 0 Å². The van der Waals surface area contributed by atoms with Crippen LogP contribution in [-0.2, 0) is 24.4 Å². The third-order valence-corrected chi connectivity index (χ3v) is 3.73. The van der Waals surface area contributed by atoms with Gasteiger partial charge in [0.15, 0.2) is 12.6 Å². The van der Waals surface area contributed by atoms with E-state index in [-0.39, 0.29) is 5.41 Å². The predicted octanol–water partition coefficient (Wildman–Crippen LogP) is 5.13. The van der Waals surface area contributed by atoms with Crippen LogP contribution in [-0.4, -0.2) is 26.4 Å². The monoisotopic (exact) mass is 338 g/mol. The minimum absolute atomic E-state index is 0.0446. The van der Waals surface area contributed by atoms with Gasteiger partial charge in [-0.15, -0.1) is 0 Å². The molecule has 0 amide bonds. The maximum Gasteiger partial charge on any atom is 0.184 e. The second-order valence-corrected chi connectivity index (χ2v) is 6.58. The molecule has 0 aliphatic carbocycles. The molecule has 0 heterocycles. The highest BCUT2D eigenvalue weighted by Crippen LogP contribution is 2.34. The molecule has 138 valence electrons. The van der Waals surface area contributed by atoms with Crippen molar-refractivity contribution in [2.45, 2.75) is 66.5 Å². The highest BCUT2D eigenvalue weighted by Gasteiger charge is 2.25. The molecule has 0 N–H and O–H groups in total. The van der Waals surface area contributed by atoms with Crippen LogP contribution in [0.25, 0.3) is 0 Å². The topological polar surface area (TPSA) is 36.9 Å². The molecule has 0 spiro atoms. The van der Waals surface area contributed by atoms with Crippen molar-refractivity contribution in [3.63, 3.8) is 0 Å². The lowest BCUT2D eigenvalue weighted by atomic mass is 9.85. The first-order valence-electron chi connectivity index (χ1n) is 8.99. The summed E-state index contributed by atoms with van der Waals surface area (Å²) in [6.07, 6.45) is -0.826. The lowest BCUT2D eigenvalue weighted by Gasteiger charge is -2.28. The predicted molar refractivity (Wildman–Crippen MR) is 97.1 cm³/mol. The zero-order valence-electron chi connectivity index (χ0n) is 16.3. The first-order chi connectivity index (χ1) is 11.4. The molecular formula is C20H34O4. The van der Waals surface area contributed by atoms with Gasteiger partial charge in [-0.3, -0.25) is 0 Å². The van der Waals surface area contributed by atoms with Crippen molar-refractivity contribution in [1.29, 1.82) is 0 Å². The van der Waals surface area contributed by atoms with Gasteiger partial charge >= 0.3 is 0 Å². The van der Waals surface area contributed by atoms with Crippen LogP contribution in [0.2, 0.25) is 0 Å². The molecule has 0 aromatic heterocycles. The molecule has 0 saturated heterocycles. The van der Waals surface area contributed by atoms with Gasteiger partial charge < -0.3 is 18.9 Å². The minimum atomic E-state index is -0.416. The summed E-state index contributed by atoms with van der Waals surface area (Å²) in [5.41, 5.74) is 3.23. The fraction of sp³-hybridized carbons (Fsp3) is 0.700. The standard InChI is InChI=1S/C20H34O4/c1-8-21-18(22-9-2)16-13-12-15(20(5,6)7)14-17(16)19(23-10-3)24-11-4/h12-14,18-19H,8-11H2,1-7H3. The van der Waals surface area contributed by atoms with E-state index in [1.165, 1.54) is 5.56 Å². The number of benzene rings is 1. The summed E-state index contributed by atoms with van der Waals surface area (Å²) in [4.78, 5) is 0. The molecule has 0 radical (unpaired) electrons. The van der Waals surface area contributed by atoms with Crippen LogP contribution in [0.15, 0.2) is 18.2 Å². The summed E-state index contributed by atoms with van der Waals surface area (Å²) in [7, 11) is 0. The lowest BCUT2D eigenvalue weighted by Crippen LogP contribution is -2.19. The van der Waals surface area contributed by atoms with Crippen molar-refractivity contribution >= 4 is 0 Å². The molecule has 0 bridgehead atoms. The van der Waals surface area contributed by atoms with Crippen LogP contribution >= 0.6 is 0 Å². The Balaban J connectivity index is 3.38. The smallest absolute Gasteiger partial charge is 0.184 e. The molecule has 0 aliphatic heterocycles. The summed E-state index contributed by atoms with van der Waals surface area (Å²) in [6.45, 7) is 16.8. The third kappa shape index (κ3) is 5.85. The van der Waals surface area contributed by atoms with E-state index >= 15 is 0 Å². The minimum Gasteiger partial charge on any atom is -0.349 e. The number of ether oxygens (including phenoxy) is 4. The van der Waals surface area contributed by atoms with E-state index in [2.05, 4.69) is 39.0 Å². The van der Waals surface area contributed by atoms with Gasteiger partial charge in [0.2, 0.25) is 0 Å². The Labute approximate surface area is 147 Å². The molecule has 4 nitrogen and oxygen atoms in total. The molecule has 0 aliphatic rings. The fourth-order valence-electron chi connectivity index (χ4n) is 2.52. The van der Waals surface area contributed by atoms with Gasteiger partial charge in [0, 0.05) is 37.6 Å². The van der Waals surface area contributed by atoms with E-state index in [4.69, 9.17) is 18.9 Å². The SMILES string of the molecule is CCOC(OCC)c1ccc(C(C)(C)C)cc1C(OCC)OCC. The van der Waals surface area contributed by atoms with Crippen molar-refractivity contribution in [3.8, 4) is 0 Å². The number of rotatable bonds is 10. The normalized spacial score (nSPS) is 12.4. The third-order valence-electron chi connectivity index (χ3n) is 3.73. The Bertz CT molecular complexity index is 467. The second kappa shape index (κ2) is 10.1. The van der Waals surface area contributed by atoms with Crippen molar-refractivity contribution < 1.29 is 18.9 Å². The first kappa shape index (κ1) is 21.1. The molecule has 0 fully saturated rings. The second-order valence-electron chi connectivity index (χ2n) is 6.58. The zero-order chi connectivity index (χ0) is 18.2. The van der Waals surface area contributed by atoms with Crippen molar-refractivity contribution in [2.75, 3.05) is 26.4 Å². The molecule has 24 heavy (non-hydrogen) atoms. The van der Waals surface area contributed by atoms with Gasteiger partial charge in [0.1, 0.15) is 0 Å². The Morgan fingerprint density at radius 3 is 1.50 bits per heavy atom. The van der Waals surface area contributed by atoms with Crippen LogP contribution in [0.5, 0.6) is 0 Å². The van der Waals surface area contributed by atoms with Crippen molar-refractivity contribution in [1.82, 2.24) is 0 Å². The fourth-order valence-corrected chi connectivity index (χ4v) is 2.52. The summed E-state index contributed by atoms with van der Waals surface area (Å²) >= 11 is 0. The largest absolute Gasteiger partial charge is 0.349 e. The quantitative estimate of drug-likeness (QED) is 0.554. The molecule has 1 aromatic rings. The van der Waals surface area contributed by atoms with E-state index in [0.717, 1.165) is 11.1 Å². The van der Waals surface area contributed by atoms with E-state index in [0.29, 0.717) is 26.4 Å². The van der Waals surface area contributed by atoms with Crippen LogP contribution in [0.4, 0.5) is 0 Å². The summed E-state index contributed by atoms with van der Waals surface area (Å²) in [6, 6.07) is 6.38. The Hall–Kier alpha value is -0.940. The molecule has 1 rings (SSSR count). The van der Waals surface area contributed by atoms with Crippen LogP contribution < -0.4 is 0 Å². The summed E-state index contributed by atoms with van der Waals surface area (Å²) in [5.74, 6) is 0. The van der Waals surface area contributed by atoms with Crippen LogP contribution in [0.3, 0.4) is 0 Å². The molecular weight excluding hydrogens is 304 g/mol. The lowest BCUT2D eigenvalue weighted by molar-refractivity contribution is -0.156. The van der Waals surface area contributed by atoms with Gasteiger partial charge in [-0.05, 0) is 44.7 Å². The molecule has 1 aromatic carbocycles. The summed E-state index contributed by atoms with van der Waals surface area (Å²) < 4.78 is 23.3. The molecule has 0 atom stereocenters. The first-order valence-corrected chi connectivity index (χ1v) is 8.99. The van der Waals surface area contributed by atoms with Gasteiger partial charge in [0.25, 0.3) is 0 Å². The zero-order valence-corrected chi connectivity index (χ0v) is 16.3. The molecule has 4 heteroatoms. The van der Waals surface area contributed by atoms with E-state index in [1.54, 1.807) is 0 Å². The Morgan fingerprint density at radius 1 is 0.708 bits per heavy atom. The van der Waals surface area contributed by atoms with Gasteiger partial charge in [-0.2, -0.15) is 0 Å². The Morgan fingerprint density at radius 2 is 1.12 bits per heavy atom.